The monoisotopic (exact) mass is 330 g/mol. The third-order valence-corrected chi connectivity index (χ3v) is 3.42. The standard InChI is InChI=1S/C19H19ClO3/c1-13(2)12-23-17-9-5-15(6-10-17)18(11-19(21)22)14-3-7-16(20)8-4-14/h3-11,13H,12H2,1-2H3,(H,21,22)/b18-11+. The average molecular weight is 331 g/mol. The van der Waals surface area contributed by atoms with Gasteiger partial charge in [-0.1, -0.05) is 49.7 Å². The molecule has 0 fully saturated rings. The van der Waals surface area contributed by atoms with Crippen molar-refractivity contribution in [1.82, 2.24) is 0 Å². The fourth-order valence-corrected chi connectivity index (χ4v) is 2.21. The van der Waals surface area contributed by atoms with Gasteiger partial charge in [-0.2, -0.15) is 0 Å². The van der Waals surface area contributed by atoms with Gasteiger partial charge in [-0.15, -0.1) is 0 Å². The second kappa shape index (κ2) is 7.84. The highest BCUT2D eigenvalue weighted by Crippen LogP contribution is 2.26. The summed E-state index contributed by atoms with van der Waals surface area (Å²) in [7, 11) is 0. The van der Waals surface area contributed by atoms with Gasteiger partial charge in [0.1, 0.15) is 5.75 Å². The maximum absolute atomic E-state index is 11.1. The Morgan fingerprint density at radius 2 is 1.61 bits per heavy atom. The van der Waals surface area contributed by atoms with E-state index in [4.69, 9.17) is 21.4 Å². The summed E-state index contributed by atoms with van der Waals surface area (Å²) in [5.74, 6) is 0.231. The van der Waals surface area contributed by atoms with E-state index in [1.165, 1.54) is 6.08 Å². The van der Waals surface area contributed by atoms with Crippen LogP contribution < -0.4 is 4.74 Å². The van der Waals surface area contributed by atoms with Crippen molar-refractivity contribution in [3.63, 3.8) is 0 Å². The normalized spacial score (nSPS) is 11.6. The topological polar surface area (TPSA) is 46.5 Å². The van der Waals surface area contributed by atoms with Crippen molar-refractivity contribution in [2.45, 2.75) is 13.8 Å². The van der Waals surface area contributed by atoms with E-state index in [9.17, 15) is 4.79 Å². The summed E-state index contributed by atoms with van der Waals surface area (Å²) in [5, 5.41) is 9.75. The molecule has 3 nitrogen and oxygen atoms in total. The maximum Gasteiger partial charge on any atom is 0.328 e. The molecule has 0 aliphatic carbocycles. The molecule has 0 heterocycles. The van der Waals surface area contributed by atoms with E-state index < -0.39 is 5.97 Å². The smallest absolute Gasteiger partial charge is 0.328 e. The van der Waals surface area contributed by atoms with Crippen molar-refractivity contribution in [2.75, 3.05) is 6.61 Å². The number of carboxylic acid groups (broad SMARTS) is 1. The Kier molecular flexibility index (Phi) is 5.83. The molecule has 0 aliphatic rings. The second-order valence-electron chi connectivity index (χ2n) is 5.63. The SMILES string of the molecule is CC(C)COc1ccc(/C(=C/C(=O)O)c2ccc(Cl)cc2)cc1. The Balaban J connectivity index is 2.29. The molecular formula is C19H19ClO3. The largest absolute Gasteiger partial charge is 0.493 e. The molecule has 2 aromatic rings. The zero-order valence-corrected chi connectivity index (χ0v) is 13.9. The van der Waals surface area contributed by atoms with Gasteiger partial charge in [-0.05, 0) is 46.9 Å². The van der Waals surface area contributed by atoms with Crippen molar-refractivity contribution in [3.8, 4) is 5.75 Å². The van der Waals surface area contributed by atoms with Crippen LogP contribution in [0, 0.1) is 5.92 Å². The van der Waals surface area contributed by atoms with E-state index in [-0.39, 0.29) is 0 Å². The molecule has 0 atom stereocenters. The van der Waals surface area contributed by atoms with Crippen LogP contribution >= 0.6 is 11.6 Å². The zero-order chi connectivity index (χ0) is 16.8. The van der Waals surface area contributed by atoms with Gasteiger partial charge in [0.25, 0.3) is 0 Å². The Morgan fingerprint density at radius 3 is 2.09 bits per heavy atom. The number of halogens is 1. The van der Waals surface area contributed by atoms with Crippen molar-refractivity contribution in [3.05, 3.63) is 70.8 Å². The summed E-state index contributed by atoms with van der Waals surface area (Å²) in [4.78, 5) is 11.1. The predicted molar refractivity (Wildman–Crippen MR) is 92.9 cm³/mol. The van der Waals surface area contributed by atoms with Gasteiger partial charge < -0.3 is 9.84 Å². The van der Waals surface area contributed by atoms with E-state index in [2.05, 4.69) is 13.8 Å². The highest BCUT2D eigenvalue weighted by Gasteiger charge is 2.08. The van der Waals surface area contributed by atoms with Crippen LogP contribution in [0.25, 0.3) is 5.57 Å². The van der Waals surface area contributed by atoms with Gasteiger partial charge in [0, 0.05) is 11.1 Å². The molecule has 4 heteroatoms. The Labute approximate surface area is 141 Å². The van der Waals surface area contributed by atoms with Crippen LogP contribution in [0.3, 0.4) is 0 Å². The van der Waals surface area contributed by atoms with Crippen LogP contribution in [0.5, 0.6) is 5.75 Å². The number of carbonyl (C=O) groups is 1. The van der Waals surface area contributed by atoms with Crippen LogP contribution in [0.15, 0.2) is 54.6 Å². The Morgan fingerprint density at radius 1 is 1.09 bits per heavy atom. The van der Waals surface area contributed by atoms with Gasteiger partial charge in [0.2, 0.25) is 0 Å². The molecule has 120 valence electrons. The highest BCUT2D eigenvalue weighted by atomic mass is 35.5. The summed E-state index contributed by atoms with van der Waals surface area (Å²) in [5.41, 5.74) is 2.24. The summed E-state index contributed by atoms with van der Waals surface area (Å²) < 4.78 is 5.65. The third kappa shape index (κ3) is 5.15. The van der Waals surface area contributed by atoms with Crippen LogP contribution in [-0.4, -0.2) is 17.7 Å². The Hall–Kier alpha value is -2.26. The molecule has 0 aromatic heterocycles. The minimum absolute atomic E-state index is 0.450. The van der Waals surface area contributed by atoms with Gasteiger partial charge in [-0.3, -0.25) is 0 Å². The molecule has 23 heavy (non-hydrogen) atoms. The van der Waals surface area contributed by atoms with E-state index in [1.807, 2.05) is 24.3 Å². The molecular weight excluding hydrogens is 312 g/mol. The lowest BCUT2D eigenvalue weighted by Crippen LogP contribution is -2.04. The summed E-state index contributed by atoms with van der Waals surface area (Å²) in [6.07, 6.45) is 1.20. The third-order valence-electron chi connectivity index (χ3n) is 3.17. The van der Waals surface area contributed by atoms with E-state index >= 15 is 0 Å². The van der Waals surface area contributed by atoms with Crippen LogP contribution in [0.4, 0.5) is 0 Å². The molecule has 0 spiro atoms. The van der Waals surface area contributed by atoms with Crippen LogP contribution in [-0.2, 0) is 4.79 Å². The molecule has 2 rings (SSSR count). The minimum atomic E-state index is -0.991. The predicted octanol–water partition coefficient (Wildman–Crippen LogP) is 4.89. The number of hydrogen-bond acceptors (Lipinski definition) is 2. The minimum Gasteiger partial charge on any atom is -0.493 e. The van der Waals surface area contributed by atoms with Gasteiger partial charge >= 0.3 is 5.97 Å². The van der Waals surface area contributed by atoms with E-state index in [0.717, 1.165) is 16.9 Å². The average Bonchev–Trinajstić information content (AvgIpc) is 2.52. The van der Waals surface area contributed by atoms with Crippen molar-refractivity contribution >= 4 is 23.1 Å². The molecule has 1 N–H and O–H groups in total. The number of aliphatic carboxylic acids is 1. The number of benzene rings is 2. The molecule has 0 radical (unpaired) electrons. The lowest BCUT2D eigenvalue weighted by atomic mass is 9.97. The zero-order valence-electron chi connectivity index (χ0n) is 13.1. The van der Waals surface area contributed by atoms with Crippen LogP contribution in [0.2, 0.25) is 5.02 Å². The van der Waals surface area contributed by atoms with Crippen molar-refractivity contribution < 1.29 is 14.6 Å². The lowest BCUT2D eigenvalue weighted by Gasteiger charge is -2.11. The van der Waals surface area contributed by atoms with Crippen LogP contribution in [0.1, 0.15) is 25.0 Å². The fraction of sp³-hybridized carbons (Fsp3) is 0.211. The first-order chi connectivity index (χ1) is 11.0. The van der Waals surface area contributed by atoms with Crippen molar-refractivity contribution in [2.24, 2.45) is 5.92 Å². The van der Waals surface area contributed by atoms with E-state index in [0.29, 0.717) is 23.1 Å². The number of carboxylic acids is 1. The van der Waals surface area contributed by atoms with E-state index in [1.54, 1.807) is 24.3 Å². The molecule has 0 aliphatic heterocycles. The highest BCUT2D eigenvalue weighted by molar-refractivity contribution is 6.30. The molecule has 2 aromatic carbocycles. The Bertz CT molecular complexity index is 686. The number of hydrogen-bond donors (Lipinski definition) is 1. The quantitative estimate of drug-likeness (QED) is 0.767. The molecule has 0 unspecified atom stereocenters. The fourth-order valence-electron chi connectivity index (χ4n) is 2.08. The van der Waals surface area contributed by atoms with Crippen molar-refractivity contribution in [1.29, 1.82) is 0 Å². The molecule has 0 saturated heterocycles. The van der Waals surface area contributed by atoms with Gasteiger partial charge in [0.05, 0.1) is 6.61 Å². The first kappa shape index (κ1) is 17.1. The van der Waals surface area contributed by atoms with Gasteiger partial charge in [0.15, 0.2) is 0 Å². The summed E-state index contributed by atoms with van der Waals surface area (Å²) >= 11 is 5.90. The lowest BCUT2D eigenvalue weighted by molar-refractivity contribution is -0.131. The van der Waals surface area contributed by atoms with Gasteiger partial charge in [-0.25, -0.2) is 4.79 Å². The number of rotatable bonds is 6. The molecule has 0 saturated carbocycles. The summed E-state index contributed by atoms with van der Waals surface area (Å²) in [6.45, 7) is 4.82. The maximum atomic E-state index is 11.1. The molecule has 0 amide bonds. The summed E-state index contributed by atoms with van der Waals surface area (Å²) in [6, 6.07) is 14.5. The second-order valence-corrected chi connectivity index (χ2v) is 6.07. The first-order valence-corrected chi connectivity index (χ1v) is 7.77. The number of ether oxygens (including phenoxy) is 1. The first-order valence-electron chi connectivity index (χ1n) is 7.39. The molecule has 0 bridgehead atoms.